The lowest BCUT2D eigenvalue weighted by molar-refractivity contribution is -0.117. The largest absolute Gasteiger partial charge is 0.494 e. The van der Waals surface area contributed by atoms with Crippen LogP contribution in [0.4, 0.5) is 5.69 Å². The van der Waals surface area contributed by atoms with E-state index in [1.807, 2.05) is 19.1 Å². The zero-order chi connectivity index (χ0) is 18.5. The molecule has 27 heavy (non-hydrogen) atoms. The summed E-state index contributed by atoms with van der Waals surface area (Å²) in [5.74, 6) is 2.21. The number of aryl methyl sites for hydroxylation is 1. The van der Waals surface area contributed by atoms with Gasteiger partial charge < -0.3 is 15.4 Å². The van der Waals surface area contributed by atoms with E-state index in [2.05, 4.69) is 33.1 Å². The van der Waals surface area contributed by atoms with Crippen molar-refractivity contribution < 1.29 is 9.53 Å². The van der Waals surface area contributed by atoms with Gasteiger partial charge in [-0.25, -0.2) is 0 Å². The van der Waals surface area contributed by atoms with Gasteiger partial charge in [0.05, 0.1) is 7.11 Å². The molecule has 2 atom stereocenters. The van der Waals surface area contributed by atoms with Crippen LogP contribution in [0.15, 0.2) is 18.2 Å². The summed E-state index contributed by atoms with van der Waals surface area (Å²) >= 11 is 0. The number of aromatic nitrogens is 4. The molecule has 9 heteroatoms. The van der Waals surface area contributed by atoms with Crippen LogP contribution in [0.2, 0.25) is 0 Å². The predicted octanol–water partition coefficient (Wildman–Crippen LogP) is 2.37. The van der Waals surface area contributed by atoms with Crippen molar-refractivity contribution in [2.75, 3.05) is 25.5 Å². The van der Waals surface area contributed by atoms with Crippen LogP contribution in [0, 0.1) is 18.8 Å². The fourth-order valence-corrected chi connectivity index (χ4v) is 3.42. The molecule has 0 radical (unpaired) electrons. The topological polar surface area (TPSA) is 94.0 Å². The van der Waals surface area contributed by atoms with E-state index >= 15 is 0 Å². The lowest BCUT2D eigenvalue weighted by Crippen LogP contribution is -2.34. The number of hydrogen-bond donors (Lipinski definition) is 2. The maximum atomic E-state index is 12.5. The standard InChI is InChI=1S/C18H26N6O2.ClH/c1-12(14-5-4-8-19-11-14)9-18(25)20-15-6-7-17(26-3)16(10-15)24-13(2)21-22-23-24;/h6-7,10,12,14,19H,4-5,8-9,11H2,1-3H3,(H,20,25);1H. The molecule has 1 aromatic carbocycles. The molecule has 148 valence electrons. The van der Waals surface area contributed by atoms with Gasteiger partial charge in [-0.15, -0.1) is 17.5 Å². The average Bonchev–Trinajstić information content (AvgIpc) is 3.08. The smallest absolute Gasteiger partial charge is 0.224 e. The van der Waals surface area contributed by atoms with Crippen LogP contribution < -0.4 is 15.4 Å². The molecule has 1 aliphatic rings. The third-order valence-electron chi connectivity index (χ3n) is 4.96. The average molecular weight is 395 g/mol. The van der Waals surface area contributed by atoms with Gasteiger partial charge in [0.1, 0.15) is 11.4 Å². The SMILES string of the molecule is COc1ccc(NC(=O)CC(C)C2CCCNC2)cc1-n1nnnc1C.Cl. The van der Waals surface area contributed by atoms with E-state index in [-0.39, 0.29) is 18.3 Å². The number of carbonyl (C=O) groups is 1. The van der Waals surface area contributed by atoms with E-state index in [9.17, 15) is 4.79 Å². The van der Waals surface area contributed by atoms with E-state index in [1.165, 1.54) is 12.8 Å². The number of nitrogens with zero attached hydrogens (tertiary/aromatic N) is 4. The summed E-state index contributed by atoms with van der Waals surface area (Å²) in [7, 11) is 1.59. The lowest BCUT2D eigenvalue weighted by Gasteiger charge is -2.28. The summed E-state index contributed by atoms with van der Waals surface area (Å²) in [5, 5.41) is 18.0. The van der Waals surface area contributed by atoms with Gasteiger partial charge in [0.15, 0.2) is 5.82 Å². The monoisotopic (exact) mass is 394 g/mol. The number of anilines is 1. The van der Waals surface area contributed by atoms with Crippen LogP contribution in [-0.2, 0) is 4.79 Å². The van der Waals surface area contributed by atoms with Crippen molar-refractivity contribution in [1.82, 2.24) is 25.5 Å². The number of piperidine rings is 1. The molecule has 8 nitrogen and oxygen atoms in total. The summed E-state index contributed by atoms with van der Waals surface area (Å²) in [6.45, 7) is 6.05. The molecule has 2 unspecified atom stereocenters. The number of rotatable bonds is 6. The predicted molar refractivity (Wildman–Crippen MR) is 106 cm³/mol. The van der Waals surface area contributed by atoms with Crippen molar-refractivity contribution in [2.45, 2.75) is 33.1 Å². The molecule has 3 rings (SSSR count). The molecule has 2 aromatic rings. The maximum Gasteiger partial charge on any atom is 0.224 e. The number of tetrazole rings is 1. The Kier molecular flexibility index (Phi) is 7.55. The molecule has 0 aliphatic carbocycles. The van der Waals surface area contributed by atoms with Crippen molar-refractivity contribution in [1.29, 1.82) is 0 Å². The normalized spacial score (nSPS) is 17.7. The Labute approximate surface area is 165 Å². The van der Waals surface area contributed by atoms with Crippen LogP contribution in [-0.4, -0.2) is 46.3 Å². The Balaban J connectivity index is 0.00000261. The summed E-state index contributed by atoms with van der Waals surface area (Å²) in [6, 6.07) is 5.46. The maximum absolute atomic E-state index is 12.5. The Morgan fingerprint density at radius 1 is 1.48 bits per heavy atom. The second-order valence-corrected chi connectivity index (χ2v) is 6.86. The highest BCUT2D eigenvalue weighted by atomic mass is 35.5. The van der Waals surface area contributed by atoms with Gasteiger partial charge in [0, 0.05) is 12.1 Å². The highest BCUT2D eigenvalue weighted by Gasteiger charge is 2.22. The minimum atomic E-state index is 0. The Morgan fingerprint density at radius 3 is 2.93 bits per heavy atom. The molecule has 2 heterocycles. The Bertz CT molecular complexity index is 760. The zero-order valence-electron chi connectivity index (χ0n) is 15.9. The van der Waals surface area contributed by atoms with Gasteiger partial charge in [-0.2, -0.15) is 4.68 Å². The van der Waals surface area contributed by atoms with Gasteiger partial charge in [0.25, 0.3) is 0 Å². The number of nitrogens with one attached hydrogen (secondary N) is 2. The number of benzene rings is 1. The molecule has 1 fully saturated rings. The number of carbonyl (C=O) groups excluding carboxylic acids is 1. The zero-order valence-corrected chi connectivity index (χ0v) is 16.8. The minimum Gasteiger partial charge on any atom is -0.494 e. The highest BCUT2D eigenvalue weighted by molar-refractivity contribution is 5.91. The first kappa shape index (κ1) is 21.1. The van der Waals surface area contributed by atoms with E-state index in [4.69, 9.17) is 4.74 Å². The van der Waals surface area contributed by atoms with Crippen molar-refractivity contribution in [3.05, 3.63) is 24.0 Å². The van der Waals surface area contributed by atoms with Crippen LogP contribution in [0.1, 0.15) is 32.0 Å². The van der Waals surface area contributed by atoms with Gasteiger partial charge in [-0.1, -0.05) is 6.92 Å². The third kappa shape index (κ3) is 5.17. The fourth-order valence-electron chi connectivity index (χ4n) is 3.42. The summed E-state index contributed by atoms with van der Waals surface area (Å²) in [5.41, 5.74) is 1.40. The van der Waals surface area contributed by atoms with Crippen molar-refractivity contribution >= 4 is 24.0 Å². The Morgan fingerprint density at radius 2 is 2.30 bits per heavy atom. The van der Waals surface area contributed by atoms with Gasteiger partial charge >= 0.3 is 0 Å². The van der Waals surface area contributed by atoms with Gasteiger partial charge in [-0.05, 0) is 73.3 Å². The quantitative estimate of drug-likeness (QED) is 0.781. The second-order valence-electron chi connectivity index (χ2n) is 6.86. The van der Waals surface area contributed by atoms with Crippen LogP contribution >= 0.6 is 12.4 Å². The van der Waals surface area contributed by atoms with Crippen molar-refractivity contribution in [3.63, 3.8) is 0 Å². The molecule has 0 bridgehead atoms. The van der Waals surface area contributed by atoms with Crippen LogP contribution in [0.25, 0.3) is 5.69 Å². The molecule has 1 aliphatic heterocycles. The third-order valence-corrected chi connectivity index (χ3v) is 4.96. The highest BCUT2D eigenvalue weighted by Crippen LogP contribution is 2.27. The number of ether oxygens (including phenoxy) is 1. The molecule has 2 N–H and O–H groups in total. The van der Waals surface area contributed by atoms with E-state index in [1.54, 1.807) is 17.9 Å². The van der Waals surface area contributed by atoms with Crippen molar-refractivity contribution in [2.24, 2.45) is 11.8 Å². The molecule has 0 spiro atoms. The molecule has 1 aromatic heterocycles. The lowest BCUT2D eigenvalue weighted by atomic mass is 9.85. The molecule has 1 amide bonds. The number of methoxy groups -OCH3 is 1. The van der Waals surface area contributed by atoms with E-state index in [0.717, 1.165) is 13.1 Å². The number of hydrogen-bond acceptors (Lipinski definition) is 6. The molecule has 1 saturated heterocycles. The summed E-state index contributed by atoms with van der Waals surface area (Å²) in [4.78, 5) is 12.5. The Hall–Kier alpha value is -2.19. The molecular weight excluding hydrogens is 368 g/mol. The van der Waals surface area contributed by atoms with E-state index in [0.29, 0.717) is 41.2 Å². The van der Waals surface area contributed by atoms with Crippen LogP contribution in [0.3, 0.4) is 0 Å². The first-order valence-corrected chi connectivity index (χ1v) is 9.02. The second kappa shape index (κ2) is 9.66. The van der Waals surface area contributed by atoms with E-state index < -0.39 is 0 Å². The number of halogens is 1. The summed E-state index contributed by atoms with van der Waals surface area (Å²) in [6.07, 6.45) is 2.88. The minimum absolute atomic E-state index is 0. The molecular formula is C18H27ClN6O2. The first-order valence-electron chi connectivity index (χ1n) is 9.02. The van der Waals surface area contributed by atoms with Gasteiger partial charge in [-0.3, -0.25) is 4.79 Å². The van der Waals surface area contributed by atoms with Crippen molar-refractivity contribution in [3.8, 4) is 11.4 Å². The first-order chi connectivity index (χ1) is 12.6. The van der Waals surface area contributed by atoms with Crippen LogP contribution in [0.5, 0.6) is 5.75 Å². The fraction of sp³-hybridized carbons (Fsp3) is 0.556. The van der Waals surface area contributed by atoms with Gasteiger partial charge in [0.2, 0.25) is 5.91 Å². The summed E-state index contributed by atoms with van der Waals surface area (Å²) < 4.78 is 6.98. The number of amides is 1. The molecule has 0 saturated carbocycles.